The summed E-state index contributed by atoms with van der Waals surface area (Å²) in [6.07, 6.45) is 1.21. The van der Waals surface area contributed by atoms with Crippen LogP contribution in [0.15, 0.2) is 48.5 Å². The summed E-state index contributed by atoms with van der Waals surface area (Å²) in [5, 5.41) is 3.60. The van der Waals surface area contributed by atoms with Gasteiger partial charge in [-0.2, -0.15) is 0 Å². The molecule has 0 bridgehead atoms. The molecule has 3 unspecified atom stereocenters. The van der Waals surface area contributed by atoms with Gasteiger partial charge in [-0.3, -0.25) is 19.9 Å². The number of urea groups is 1. The first-order chi connectivity index (χ1) is 15.5. The van der Waals surface area contributed by atoms with Gasteiger partial charge in [-0.15, -0.1) is 0 Å². The molecule has 3 heterocycles. The van der Waals surface area contributed by atoms with Gasteiger partial charge in [-0.1, -0.05) is 42.5 Å². The second-order valence-electron chi connectivity index (χ2n) is 9.05. The first-order valence-corrected chi connectivity index (χ1v) is 11.4. The fourth-order valence-electron chi connectivity index (χ4n) is 5.30. The van der Waals surface area contributed by atoms with E-state index in [-0.39, 0.29) is 30.4 Å². The number of likely N-dealkylation sites (N-methyl/N-ethyl adjacent to an activating group) is 1. The molecule has 0 saturated carbocycles. The Labute approximate surface area is 189 Å². The molecule has 0 radical (unpaired) electrons. The molecule has 2 aromatic carbocycles. The highest BCUT2D eigenvalue weighted by molar-refractivity contribution is 6.00. The molecule has 168 valence electrons. The molecule has 1 N–H and O–H groups in total. The second-order valence-corrected chi connectivity index (χ2v) is 9.05. The minimum atomic E-state index is -0.369. The molecule has 0 aliphatic carbocycles. The third-order valence-corrected chi connectivity index (χ3v) is 7.22. The van der Waals surface area contributed by atoms with Crippen LogP contribution in [0.5, 0.6) is 0 Å². The smallest absolute Gasteiger partial charge is 0.327 e. The van der Waals surface area contributed by atoms with Crippen molar-refractivity contribution in [3.63, 3.8) is 0 Å². The van der Waals surface area contributed by atoms with Crippen LogP contribution in [0, 0.1) is 13.8 Å². The van der Waals surface area contributed by atoms with E-state index in [0.717, 1.165) is 25.1 Å². The highest BCUT2D eigenvalue weighted by Crippen LogP contribution is 2.34. The number of hydrogen-bond donors (Lipinski definition) is 1. The van der Waals surface area contributed by atoms with Crippen molar-refractivity contribution in [3.8, 4) is 0 Å². The number of imide groups is 1. The van der Waals surface area contributed by atoms with Crippen LogP contribution in [0.25, 0.3) is 0 Å². The molecule has 2 aromatic rings. The number of amides is 3. The standard InChI is InChI=1S/C25H31N5O2/c1-17-9-7-12-20(18(17)2)28-14-8-15-29-21-22(26-24(28)29)27(3)25(32)30(23(21)31)16-13-19-10-5-4-6-11-19/h4-7,9-12,21-22,24,26H,8,13-16H2,1-3H3. The topological polar surface area (TPSA) is 59.1 Å². The molecule has 3 fully saturated rings. The van der Waals surface area contributed by atoms with Gasteiger partial charge in [0.05, 0.1) is 0 Å². The first-order valence-electron chi connectivity index (χ1n) is 11.4. The molecule has 3 aliphatic heterocycles. The van der Waals surface area contributed by atoms with Gasteiger partial charge in [0.25, 0.3) is 5.91 Å². The number of anilines is 1. The van der Waals surface area contributed by atoms with Crippen molar-refractivity contribution < 1.29 is 9.59 Å². The van der Waals surface area contributed by atoms with Crippen molar-refractivity contribution in [2.45, 2.75) is 45.2 Å². The Morgan fingerprint density at radius 2 is 1.78 bits per heavy atom. The lowest BCUT2D eigenvalue weighted by Crippen LogP contribution is -2.66. The summed E-state index contributed by atoms with van der Waals surface area (Å²) in [4.78, 5) is 34.4. The molecule has 0 spiro atoms. The second kappa shape index (κ2) is 8.22. The van der Waals surface area contributed by atoms with Gasteiger partial charge >= 0.3 is 6.03 Å². The maximum atomic E-state index is 13.6. The van der Waals surface area contributed by atoms with Crippen LogP contribution in [0.1, 0.15) is 23.1 Å². The van der Waals surface area contributed by atoms with Crippen molar-refractivity contribution >= 4 is 17.6 Å². The molecule has 3 atom stereocenters. The quantitative estimate of drug-likeness (QED) is 0.803. The van der Waals surface area contributed by atoms with E-state index < -0.39 is 0 Å². The normalized spacial score (nSPS) is 25.8. The van der Waals surface area contributed by atoms with Gasteiger partial charge < -0.3 is 9.80 Å². The summed E-state index contributed by atoms with van der Waals surface area (Å²) in [7, 11) is 1.80. The molecule has 5 rings (SSSR count). The van der Waals surface area contributed by atoms with Crippen LogP contribution >= 0.6 is 0 Å². The Morgan fingerprint density at radius 1 is 1.00 bits per heavy atom. The van der Waals surface area contributed by atoms with Gasteiger partial charge in [-0.25, -0.2) is 4.79 Å². The van der Waals surface area contributed by atoms with E-state index in [1.54, 1.807) is 11.9 Å². The lowest BCUT2D eigenvalue weighted by atomic mass is 10.1. The third-order valence-electron chi connectivity index (χ3n) is 7.22. The third kappa shape index (κ3) is 3.36. The Morgan fingerprint density at radius 3 is 2.56 bits per heavy atom. The fraction of sp³-hybridized carbons (Fsp3) is 0.440. The summed E-state index contributed by atoms with van der Waals surface area (Å²) in [6.45, 7) is 6.43. The predicted octanol–water partition coefficient (Wildman–Crippen LogP) is 2.53. The molecular formula is C25H31N5O2. The van der Waals surface area contributed by atoms with Crippen molar-refractivity contribution in [2.75, 3.05) is 31.6 Å². The molecular weight excluding hydrogens is 402 g/mol. The van der Waals surface area contributed by atoms with Crippen LogP contribution in [-0.2, 0) is 11.2 Å². The minimum absolute atomic E-state index is 0.0909. The van der Waals surface area contributed by atoms with Crippen molar-refractivity contribution in [2.24, 2.45) is 0 Å². The highest BCUT2D eigenvalue weighted by Gasteiger charge is 2.56. The number of benzene rings is 2. The zero-order chi connectivity index (χ0) is 22.4. The van der Waals surface area contributed by atoms with Crippen molar-refractivity contribution in [3.05, 3.63) is 65.2 Å². The zero-order valence-corrected chi connectivity index (χ0v) is 19.0. The van der Waals surface area contributed by atoms with Gasteiger partial charge in [0.2, 0.25) is 0 Å². The Kier molecular flexibility index (Phi) is 5.39. The molecule has 3 saturated heterocycles. The lowest BCUT2D eigenvalue weighted by Gasteiger charge is -2.44. The van der Waals surface area contributed by atoms with Gasteiger partial charge in [0.15, 0.2) is 0 Å². The number of hydrogen-bond acceptors (Lipinski definition) is 5. The monoisotopic (exact) mass is 433 g/mol. The number of aryl methyl sites for hydroxylation is 1. The molecule has 7 nitrogen and oxygen atoms in total. The van der Waals surface area contributed by atoms with Crippen LogP contribution in [0.4, 0.5) is 10.5 Å². The van der Waals surface area contributed by atoms with E-state index in [1.807, 2.05) is 30.3 Å². The van der Waals surface area contributed by atoms with E-state index in [9.17, 15) is 9.59 Å². The molecule has 7 heteroatoms. The maximum absolute atomic E-state index is 13.6. The maximum Gasteiger partial charge on any atom is 0.327 e. The fourth-order valence-corrected chi connectivity index (χ4v) is 5.30. The molecule has 3 aliphatic rings. The van der Waals surface area contributed by atoms with Crippen molar-refractivity contribution in [1.29, 1.82) is 0 Å². The lowest BCUT2D eigenvalue weighted by molar-refractivity contribution is -0.138. The Balaban J connectivity index is 1.41. The number of carbonyl (C=O) groups is 2. The van der Waals surface area contributed by atoms with E-state index in [0.29, 0.717) is 13.0 Å². The Bertz CT molecular complexity index is 1030. The van der Waals surface area contributed by atoms with Crippen molar-refractivity contribution in [1.82, 2.24) is 20.0 Å². The van der Waals surface area contributed by atoms with Crippen LogP contribution in [0.2, 0.25) is 0 Å². The van der Waals surface area contributed by atoms with E-state index >= 15 is 0 Å². The molecule has 0 aromatic heterocycles. The minimum Gasteiger partial charge on any atom is -0.343 e. The zero-order valence-electron chi connectivity index (χ0n) is 19.0. The molecule has 32 heavy (non-hydrogen) atoms. The van der Waals surface area contributed by atoms with Crippen LogP contribution in [-0.4, -0.2) is 71.8 Å². The van der Waals surface area contributed by atoms with Gasteiger partial charge in [0.1, 0.15) is 18.5 Å². The van der Waals surface area contributed by atoms with Gasteiger partial charge in [-0.05, 0) is 49.4 Å². The summed E-state index contributed by atoms with van der Waals surface area (Å²) in [5.74, 6) is -0.0909. The highest BCUT2D eigenvalue weighted by atomic mass is 16.2. The van der Waals surface area contributed by atoms with E-state index in [2.05, 4.69) is 47.2 Å². The number of fused-ring (bicyclic) bond motifs is 3. The van der Waals surface area contributed by atoms with Gasteiger partial charge in [0, 0.05) is 32.4 Å². The predicted molar refractivity (Wildman–Crippen MR) is 124 cm³/mol. The summed E-state index contributed by atoms with van der Waals surface area (Å²) < 4.78 is 0. The number of carbonyl (C=O) groups excluding carboxylic acids is 2. The average molecular weight is 434 g/mol. The van der Waals surface area contributed by atoms with E-state index in [4.69, 9.17) is 0 Å². The summed E-state index contributed by atoms with van der Waals surface area (Å²) >= 11 is 0. The molecule has 3 amide bonds. The Hall–Kier alpha value is -2.90. The first kappa shape index (κ1) is 21.0. The number of nitrogens with zero attached hydrogens (tertiary/aromatic N) is 4. The van der Waals surface area contributed by atoms with Crippen LogP contribution < -0.4 is 10.2 Å². The number of rotatable bonds is 4. The summed E-state index contributed by atoms with van der Waals surface area (Å²) in [6, 6.07) is 15.8. The van der Waals surface area contributed by atoms with E-state index in [1.165, 1.54) is 21.7 Å². The average Bonchev–Trinajstić information content (AvgIpc) is 3.20. The summed E-state index contributed by atoms with van der Waals surface area (Å²) in [5.41, 5.74) is 4.82. The SMILES string of the molecule is Cc1cccc(N2CCCN3C4C(=O)N(CCc5ccccc5)C(=O)N(C)C4NC23)c1C. The number of nitrogens with one attached hydrogen (secondary N) is 1. The largest absolute Gasteiger partial charge is 0.343 e. The van der Waals surface area contributed by atoms with Crippen LogP contribution in [0.3, 0.4) is 0 Å².